The van der Waals surface area contributed by atoms with E-state index >= 15 is 0 Å². The summed E-state index contributed by atoms with van der Waals surface area (Å²) in [6.07, 6.45) is 0.812. The van der Waals surface area contributed by atoms with E-state index in [1.807, 2.05) is 12.1 Å². The minimum Gasteiger partial charge on any atom is -0.372 e. The summed E-state index contributed by atoms with van der Waals surface area (Å²) in [4.78, 5) is 12.9. The first-order valence-corrected chi connectivity index (χ1v) is 7.08. The lowest BCUT2D eigenvalue weighted by molar-refractivity contribution is 0.112. The molecule has 108 valence electrons. The Morgan fingerprint density at radius 3 is 1.76 bits per heavy atom. The standard InChI is InChI=1S/C17H19N3O/c1-3-20(4-2)17-11-9-16(10-12-17)19-18-15-7-5-14(13-21)6-8-15/h5-13H,3-4H2,1-2H3. The van der Waals surface area contributed by atoms with Crippen LogP contribution in [0.5, 0.6) is 0 Å². The Morgan fingerprint density at radius 1 is 0.857 bits per heavy atom. The summed E-state index contributed by atoms with van der Waals surface area (Å²) in [6, 6.07) is 15.0. The number of hydrogen-bond donors (Lipinski definition) is 0. The smallest absolute Gasteiger partial charge is 0.150 e. The Balaban J connectivity index is 2.08. The van der Waals surface area contributed by atoms with Crippen LogP contribution in [-0.4, -0.2) is 19.4 Å². The molecule has 0 unspecified atom stereocenters. The zero-order valence-corrected chi connectivity index (χ0v) is 12.4. The summed E-state index contributed by atoms with van der Waals surface area (Å²) in [7, 11) is 0. The second-order valence-corrected chi connectivity index (χ2v) is 4.60. The Bertz CT molecular complexity index is 599. The molecule has 0 atom stereocenters. The third-order valence-electron chi connectivity index (χ3n) is 3.29. The predicted octanol–water partition coefficient (Wildman–Crippen LogP) is 4.76. The zero-order valence-electron chi connectivity index (χ0n) is 12.4. The zero-order chi connectivity index (χ0) is 15.1. The monoisotopic (exact) mass is 281 g/mol. The Kier molecular flexibility index (Phi) is 5.21. The highest BCUT2D eigenvalue weighted by atomic mass is 16.1. The van der Waals surface area contributed by atoms with Gasteiger partial charge in [0.2, 0.25) is 0 Å². The highest BCUT2D eigenvalue weighted by molar-refractivity contribution is 5.75. The van der Waals surface area contributed by atoms with Crippen LogP contribution in [0, 0.1) is 0 Å². The Hall–Kier alpha value is -2.49. The number of nitrogens with zero attached hydrogens (tertiary/aromatic N) is 3. The lowest BCUT2D eigenvalue weighted by Crippen LogP contribution is -2.21. The van der Waals surface area contributed by atoms with Crippen molar-refractivity contribution in [3.05, 3.63) is 54.1 Å². The van der Waals surface area contributed by atoms with Crippen LogP contribution in [0.4, 0.5) is 17.1 Å². The summed E-state index contributed by atoms with van der Waals surface area (Å²) >= 11 is 0. The molecule has 0 aliphatic carbocycles. The molecular formula is C17H19N3O. The summed E-state index contributed by atoms with van der Waals surface area (Å²) in [5.74, 6) is 0. The molecule has 0 saturated carbocycles. The van der Waals surface area contributed by atoms with E-state index in [1.165, 1.54) is 5.69 Å². The van der Waals surface area contributed by atoms with Gasteiger partial charge in [-0.2, -0.15) is 10.2 Å². The predicted molar refractivity (Wildman–Crippen MR) is 86.0 cm³/mol. The van der Waals surface area contributed by atoms with Gasteiger partial charge >= 0.3 is 0 Å². The van der Waals surface area contributed by atoms with Crippen molar-refractivity contribution in [2.24, 2.45) is 10.2 Å². The van der Waals surface area contributed by atoms with Crippen molar-refractivity contribution in [1.29, 1.82) is 0 Å². The van der Waals surface area contributed by atoms with Gasteiger partial charge in [0, 0.05) is 24.3 Å². The van der Waals surface area contributed by atoms with E-state index in [9.17, 15) is 4.79 Å². The lowest BCUT2D eigenvalue weighted by Gasteiger charge is -2.20. The van der Waals surface area contributed by atoms with E-state index in [-0.39, 0.29) is 0 Å². The van der Waals surface area contributed by atoms with Crippen molar-refractivity contribution in [3.63, 3.8) is 0 Å². The van der Waals surface area contributed by atoms with Crippen molar-refractivity contribution in [3.8, 4) is 0 Å². The number of carbonyl (C=O) groups is 1. The van der Waals surface area contributed by atoms with Crippen LogP contribution in [0.25, 0.3) is 0 Å². The van der Waals surface area contributed by atoms with E-state index in [4.69, 9.17) is 0 Å². The van der Waals surface area contributed by atoms with E-state index in [2.05, 4.69) is 41.1 Å². The fourth-order valence-electron chi connectivity index (χ4n) is 2.05. The van der Waals surface area contributed by atoms with E-state index < -0.39 is 0 Å². The van der Waals surface area contributed by atoms with Gasteiger partial charge in [0.25, 0.3) is 0 Å². The first-order valence-electron chi connectivity index (χ1n) is 7.08. The molecule has 2 aromatic carbocycles. The van der Waals surface area contributed by atoms with Crippen LogP contribution in [-0.2, 0) is 0 Å². The third-order valence-corrected chi connectivity index (χ3v) is 3.29. The lowest BCUT2D eigenvalue weighted by atomic mass is 10.2. The number of rotatable bonds is 6. The van der Waals surface area contributed by atoms with E-state index in [0.29, 0.717) is 5.56 Å². The molecular weight excluding hydrogens is 262 g/mol. The quantitative estimate of drug-likeness (QED) is 0.566. The molecule has 0 saturated heterocycles. The van der Waals surface area contributed by atoms with Crippen LogP contribution in [0.2, 0.25) is 0 Å². The maximum Gasteiger partial charge on any atom is 0.150 e. The first kappa shape index (κ1) is 14.9. The molecule has 2 aromatic rings. The highest BCUT2D eigenvalue weighted by Gasteiger charge is 2.00. The maximum absolute atomic E-state index is 10.6. The van der Waals surface area contributed by atoms with Gasteiger partial charge in [-0.25, -0.2) is 0 Å². The molecule has 4 heteroatoms. The third kappa shape index (κ3) is 3.99. The average molecular weight is 281 g/mol. The number of aldehydes is 1. The number of hydrogen-bond acceptors (Lipinski definition) is 4. The van der Waals surface area contributed by atoms with Crippen LogP contribution < -0.4 is 4.90 Å². The molecule has 0 bridgehead atoms. The van der Waals surface area contributed by atoms with Gasteiger partial charge in [-0.15, -0.1) is 0 Å². The molecule has 0 radical (unpaired) electrons. The van der Waals surface area contributed by atoms with Gasteiger partial charge in [-0.05, 0) is 62.4 Å². The van der Waals surface area contributed by atoms with Gasteiger partial charge in [0.1, 0.15) is 6.29 Å². The molecule has 0 spiro atoms. The number of anilines is 1. The normalized spacial score (nSPS) is 10.8. The molecule has 21 heavy (non-hydrogen) atoms. The largest absolute Gasteiger partial charge is 0.372 e. The van der Waals surface area contributed by atoms with Gasteiger partial charge in [-0.1, -0.05) is 0 Å². The average Bonchev–Trinajstić information content (AvgIpc) is 2.55. The SMILES string of the molecule is CCN(CC)c1ccc(N=Nc2ccc(C=O)cc2)cc1. The molecule has 0 heterocycles. The van der Waals surface area contributed by atoms with Crippen LogP contribution in [0.3, 0.4) is 0 Å². The molecule has 0 aromatic heterocycles. The van der Waals surface area contributed by atoms with Crippen molar-refractivity contribution >= 4 is 23.3 Å². The summed E-state index contributed by atoms with van der Waals surface area (Å²) in [5.41, 5.74) is 3.37. The van der Waals surface area contributed by atoms with Crippen LogP contribution in [0.1, 0.15) is 24.2 Å². The van der Waals surface area contributed by atoms with Crippen LogP contribution >= 0.6 is 0 Å². The molecule has 0 aliphatic heterocycles. The maximum atomic E-state index is 10.6. The van der Waals surface area contributed by atoms with Crippen molar-refractivity contribution in [2.45, 2.75) is 13.8 Å². The second-order valence-electron chi connectivity index (χ2n) is 4.60. The summed E-state index contributed by atoms with van der Waals surface area (Å²) in [5, 5.41) is 8.36. The van der Waals surface area contributed by atoms with Crippen molar-refractivity contribution in [2.75, 3.05) is 18.0 Å². The molecule has 4 nitrogen and oxygen atoms in total. The van der Waals surface area contributed by atoms with E-state index in [1.54, 1.807) is 24.3 Å². The van der Waals surface area contributed by atoms with Crippen molar-refractivity contribution < 1.29 is 4.79 Å². The van der Waals surface area contributed by atoms with Crippen molar-refractivity contribution in [1.82, 2.24) is 0 Å². The number of azo groups is 1. The Labute approximate surface area is 125 Å². The molecule has 0 amide bonds. The highest BCUT2D eigenvalue weighted by Crippen LogP contribution is 2.22. The summed E-state index contributed by atoms with van der Waals surface area (Å²) in [6.45, 7) is 6.25. The molecule has 0 fully saturated rings. The number of carbonyl (C=O) groups excluding carboxylic acids is 1. The van der Waals surface area contributed by atoms with Gasteiger partial charge in [0.05, 0.1) is 11.4 Å². The van der Waals surface area contributed by atoms with Gasteiger partial charge in [-0.3, -0.25) is 4.79 Å². The van der Waals surface area contributed by atoms with E-state index in [0.717, 1.165) is 30.8 Å². The molecule has 0 N–H and O–H groups in total. The topological polar surface area (TPSA) is 45.0 Å². The molecule has 0 aliphatic rings. The fraction of sp³-hybridized carbons (Fsp3) is 0.235. The Morgan fingerprint density at radius 2 is 1.33 bits per heavy atom. The van der Waals surface area contributed by atoms with Crippen LogP contribution in [0.15, 0.2) is 58.8 Å². The number of benzene rings is 2. The van der Waals surface area contributed by atoms with Gasteiger partial charge < -0.3 is 4.90 Å². The summed E-state index contributed by atoms with van der Waals surface area (Å²) < 4.78 is 0. The second kappa shape index (κ2) is 7.33. The minimum absolute atomic E-state index is 0.637. The molecule has 2 rings (SSSR count). The minimum atomic E-state index is 0.637. The first-order chi connectivity index (χ1) is 10.3. The van der Waals surface area contributed by atoms with Gasteiger partial charge in [0.15, 0.2) is 0 Å². The fourth-order valence-corrected chi connectivity index (χ4v) is 2.05.